The third-order valence-corrected chi connectivity index (χ3v) is 5.71. The lowest BCUT2D eigenvalue weighted by molar-refractivity contribution is 0.280. The molecule has 0 spiro atoms. The highest BCUT2D eigenvalue weighted by molar-refractivity contribution is 5.76. The van der Waals surface area contributed by atoms with Gasteiger partial charge in [0.2, 0.25) is 0 Å². The highest BCUT2D eigenvalue weighted by Gasteiger charge is 2.17. The number of nitrogens with zero attached hydrogens (tertiary/aromatic N) is 1. The molecule has 30 heavy (non-hydrogen) atoms. The molecule has 3 nitrogen and oxygen atoms in total. The van der Waals surface area contributed by atoms with E-state index < -0.39 is 0 Å². The van der Waals surface area contributed by atoms with Gasteiger partial charge in [-0.2, -0.15) is 0 Å². The van der Waals surface area contributed by atoms with Gasteiger partial charge in [0.15, 0.2) is 0 Å². The second-order valence-corrected chi connectivity index (χ2v) is 7.74. The van der Waals surface area contributed by atoms with Crippen LogP contribution in [-0.4, -0.2) is 25.7 Å². The van der Waals surface area contributed by atoms with E-state index in [1.54, 1.807) is 14.2 Å². The zero-order valence-corrected chi connectivity index (χ0v) is 17.8. The first-order valence-corrected chi connectivity index (χ1v) is 10.5. The Bertz CT molecular complexity index is 978. The monoisotopic (exact) mass is 399 g/mol. The molecule has 1 heterocycles. The Balaban J connectivity index is 1.36. The number of fused-ring (bicyclic) bond motifs is 1. The molecule has 3 aromatic rings. The van der Waals surface area contributed by atoms with Gasteiger partial charge >= 0.3 is 0 Å². The van der Waals surface area contributed by atoms with Crippen molar-refractivity contribution in [1.29, 1.82) is 0 Å². The lowest BCUT2D eigenvalue weighted by Crippen LogP contribution is -2.18. The second kappa shape index (κ2) is 9.64. The third-order valence-electron chi connectivity index (χ3n) is 5.71. The number of hydrogen-bond donors (Lipinski definition) is 0. The minimum Gasteiger partial charge on any atom is -0.496 e. The van der Waals surface area contributed by atoms with Crippen molar-refractivity contribution in [1.82, 2.24) is 4.90 Å². The lowest BCUT2D eigenvalue weighted by Gasteiger charge is -2.14. The quantitative estimate of drug-likeness (QED) is 0.445. The van der Waals surface area contributed by atoms with Crippen molar-refractivity contribution in [2.45, 2.75) is 25.9 Å². The van der Waals surface area contributed by atoms with Crippen molar-refractivity contribution in [3.63, 3.8) is 0 Å². The Morgan fingerprint density at radius 3 is 2.13 bits per heavy atom. The molecule has 3 aromatic carbocycles. The highest BCUT2D eigenvalue weighted by atomic mass is 16.5. The maximum Gasteiger partial charge on any atom is 0.129 e. The molecule has 0 saturated heterocycles. The summed E-state index contributed by atoms with van der Waals surface area (Å²) in [6.07, 6.45) is 6.45. The molecule has 0 fully saturated rings. The summed E-state index contributed by atoms with van der Waals surface area (Å²) in [5, 5.41) is 0. The molecule has 0 unspecified atom stereocenters. The van der Waals surface area contributed by atoms with E-state index >= 15 is 0 Å². The van der Waals surface area contributed by atoms with Gasteiger partial charge in [-0.25, -0.2) is 0 Å². The maximum absolute atomic E-state index is 5.49. The van der Waals surface area contributed by atoms with Gasteiger partial charge in [0.25, 0.3) is 0 Å². The number of benzene rings is 3. The van der Waals surface area contributed by atoms with Gasteiger partial charge in [-0.3, -0.25) is 4.90 Å². The molecule has 154 valence electrons. The first-order valence-electron chi connectivity index (χ1n) is 10.5. The molecule has 1 aliphatic heterocycles. The molecule has 0 aromatic heterocycles. The zero-order chi connectivity index (χ0) is 20.8. The lowest BCUT2D eigenvalue weighted by atomic mass is 10.0. The van der Waals surface area contributed by atoms with Crippen LogP contribution in [0.2, 0.25) is 0 Å². The third kappa shape index (κ3) is 4.74. The largest absolute Gasteiger partial charge is 0.496 e. The van der Waals surface area contributed by atoms with Crippen LogP contribution in [0.3, 0.4) is 0 Å². The predicted octanol–water partition coefficient (Wildman–Crippen LogP) is 5.82. The van der Waals surface area contributed by atoms with E-state index in [0.29, 0.717) is 0 Å². The van der Waals surface area contributed by atoms with Crippen molar-refractivity contribution >= 4 is 12.2 Å². The van der Waals surface area contributed by atoms with Crippen molar-refractivity contribution in [2.75, 3.05) is 20.8 Å². The Kier molecular flexibility index (Phi) is 6.50. The average molecular weight is 400 g/mol. The van der Waals surface area contributed by atoms with Crippen LogP contribution in [0.1, 0.15) is 34.2 Å². The van der Waals surface area contributed by atoms with Crippen LogP contribution in [0.25, 0.3) is 12.2 Å². The molecule has 0 N–H and O–H groups in total. The standard InChI is InChI=1S/C27H29NO2/c1-29-26-13-6-14-27(30-2)25(26)16-15-22-9-5-8-21(18-22)10-7-17-28-19-23-11-3-4-12-24(23)20-28/h3-6,8-9,11-16,18H,7,10,17,19-20H2,1-2H3/b16-15+. The van der Waals surface area contributed by atoms with Crippen molar-refractivity contribution in [3.05, 3.63) is 94.5 Å². The Hall–Kier alpha value is -3.04. The van der Waals surface area contributed by atoms with Crippen LogP contribution in [0.5, 0.6) is 11.5 Å². The fraction of sp³-hybridized carbons (Fsp3) is 0.259. The summed E-state index contributed by atoms with van der Waals surface area (Å²) in [4.78, 5) is 2.54. The van der Waals surface area contributed by atoms with E-state index in [9.17, 15) is 0 Å². The van der Waals surface area contributed by atoms with Crippen molar-refractivity contribution < 1.29 is 9.47 Å². The normalized spacial score (nSPS) is 13.5. The molecule has 0 radical (unpaired) electrons. The average Bonchev–Trinajstić information content (AvgIpc) is 3.20. The molecular weight excluding hydrogens is 370 g/mol. The summed E-state index contributed by atoms with van der Waals surface area (Å²) >= 11 is 0. The summed E-state index contributed by atoms with van der Waals surface area (Å²) < 4.78 is 11.0. The van der Waals surface area contributed by atoms with E-state index in [1.807, 2.05) is 18.2 Å². The molecule has 1 aliphatic rings. The molecular formula is C27H29NO2. The van der Waals surface area contributed by atoms with Crippen LogP contribution in [-0.2, 0) is 19.5 Å². The summed E-state index contributed by atoms with van der Waals surface area (Å²) in [7, 11) is 3.37. The highest BCUT2D eigenvalue weighted by Crippen LogP contribution is 2.30. The van der Waals surface area contributed by atoms with Gasteiger partial charge in [0.1, 0.15) is 11.5 Å². The van der Waals surface area contributed by atoms with Crippen LogP contribution >= 0.6 is 0 Å². The van der Waals surface area contributed by atoms with E-state index in [-0.39, 0.29) is 0 Å². The van der Waals surface area contributed by atoms with E-state index in [2.05, 4.69) is 65.6 Å². The topological polar surface area (TPSA) is 21.7 Å². The fourth-order valence-electron chi connectivity index (χ4n) is 4.14. The fourth-order valence-corrected chi connectivity index (χ4v) is 4.14. The number of hydrogen-bond acceptors (Lipinski definition) is 3. The zero-order valence-electron chi connectivity index (χ0n) is 17.8. The van der Waals surface area contributed by atoms with Gasteiger partial charge in [-0.1, -0.05) is 60.7 Å². The van der Waals surface area contributed by atoms with Gasteiger partial charge in [-0.15, -0.1) is 0 Å². The Morgan fingerprint density at radius 1 is 0.800 bits per heavy atom. The van der Waals surface area contributed by atoms with Gasteiger partial charge < -0.3 is 9.47 Å². The summed E-state index contributed by atoms with van der Waals surface area (Å²) in [5.41, 5.74) is 6.49. The first kappa shape index (κ1) is 20.2. The summed E-state index contributed by atoms with van der Waals surface area (Å²) in [6.45, 7) is 3.30. The minimum atomic E-state index is 0.813. The second-order valence-electron chi connectivity index (χ2n) is 7.74. The molecule has 0 aliphatic carbocycles. The van der Waals surface area contributed by atoms with Gasteiger partial charge in [-0.05, 0) is 59.8 Å². The number of aryl methyl sites for hydroxylation is 1. The van der Waals surface area contributed by atoms with Gasteiger partial charge in [0, 0.05) is 13.1 Å². The molecule has 3 heteroatoms. The number of ether oxygens (including phenoxy) is 2. The molecule has 4 rings (SSSR count). The number of rotatable bonds is 8. The van der Waals surface area contributed by atoms with Crippen molar-refractivity contribution in [3.8, 4) is 11.5 Å². The Morgan fingerprint density at radius 2 is 1.47 bits per heavy atom. The predicted molar refractivity (Wildman–Crippen MR) is 124 cm³/mol. The van der Waals surface area contributed by atoms with Crippen LogP contribution < -0.4 is 9.47 Å². The molecule has 0 bridgehead atoms. The van der Waals surface area contributed by atoms with Crippen molar-refractivity contribution in [2.24, 2.45) is 0 Å². The molecule has 0 amide bonds. The van der Waals surface area contributed by atoms with E-state index in [0.717, 1.165) is 43.1 Å². The molecule has 0 atom stereocenters. The SMILES string of the molecule is COc1cccc(OC)c1/C=C/c1cccc(CCCN2Cc3ccccc3C2)c1. The van der Waals surface area contributed by atoms with Crippen LogP contribution in [0, 0.1) is 0 Å². The summed E-state index contributed by atoms with van der Waals surface area (Å²) in [5.74, 6) is 1.63. The summed E-state index contributed by atoms with van der Waals surface area (Å²) in [6, 6.07) is 23.4. The first-order chi connectivity index (χ1) is 14.8. The van der Waals surface area contributed by atoms with Crippen LogP contribution in [0.15, 0.2) is 66.7 Å². The number of methoxy groups -OCH3 is 2. The minimum absolute atomic E-state index is 0.813. The smallest absolute Gasteiger partial charge is 0.129 e. The maximum atomic E-state index is 5.49. The molecule has 0 saturated carbocycles. The Labute approximate surface area is 179 Å². The van der Waals surface area contributed by atoms with Gasteiger partial charge in [0.05, 0.1) is 19.8 Å². The van der Waals surface area contributed by atoms with Crippen LogP contribution in [0.4, 0.5) is 0 Å². The van der Waals surface area contributed by atoms with E-state index in [4.69, 9.17) is 9.47 Å². The van der Waals surface area contributed by atoms with E-state index in [1.165, 1.54) is 28.7 Å².